The second-order valence-corrected chi connectivity index (χ2v) is 8.30. The molecule has 8 nitrogen and oxygen atoms in total. The highest BCUT2D eigenvalue weighted by molar-refractivity contribution is 7.86. The summed E-state index contributed by atoms with van der Waals surface area (Å²) < 4.78 is 27.2. The minimum atomic E-state index is -3.35. The van der Waals surface area contributed by atoms with E-state index < -0.39 is 10.2 Å². The van der Waals surface area contributed by atoms with E-state index in [1.54, 1.807) is 26.5 Å². The van der Waals surface area contributed by atoms with Gasteiger partial charge in [-0.05, 0) is 25.8 Å². The van der Waals surface area contributed by atoms with Crippen molar-refractivity contribution in [2.75, 3.05) is 27.2 Å². The molecule has 1 N–H and O–H groups in total. The van der Waals surface area contributed by atoms with Gasteiger partial charge in [0.2, 0.25) is 0 Å². The predicted octanol–water partition coefficient (Wildman–Crippen LogP) is 1.16. The molecule has 9 heteroatoms. The number of H-pyrrole nitrogens is 1. The number of nitrogens with zero attached hydrogens (tertiary/aromatic N) is 5. The molecule has 2 aromatic heterocycles. The standard InChI is InChI=1S/C15H22N6O2S/c1-11-10-13(15-16-6-7-17-15)19-14(18-11)12-4-8-21(9-5-12)24(22,23)20(2)3/h6-7,10,12H,4-5,8-9H2,1-3H3,(H,16,17). The number of imidazole rings is 1. The van der Waals surface area contributed by atoms with Gasteiger partial charge in [-0.15, -0.1) is 0 Å². The molecule has 0 bridgehead atoms. The van der Waals surface area contributed by atoms with Crippen LogP contribution in [0.2, 0.25) is 0 Å². The van der Waals surface area contributed by atoms with Gasteiger partial charge in [-0.25, -0.2) is 15.0 Å². The number of nitrogens with one attached hydrogen (secondary N) is 1. The number of hydrogen-bond donors (Lipinski definition) is 1. The number of piperidine rings is 1. The van der Waals surface area contributed by atoms with Gasteiger partial charge in [-0.1, -0.05) is 0 Å². The third kappa shape index (κ3) is 3.33. The summed E-state index contributed by atoms with van der Waals surface area (Å²) in [4.78, 5) is 16.5. The van der Waals surface area contributed by atoms with Crippen LogP contribution in [0.5, 0.6) is 0 Å². The van der Waals surface area contributed by atoms with E-state index >= 15 is 0 Å². The van der Waals surface area contributed by atoms with E-state index in [1.165, 1.54) is 8.61 Å². The molecule has 1 saturated heterocycles. The van der Waals surface area contributed by atoms with Crippen LogP contribution in [-0.2, 0) is 10.2 Å². The average Bonchev–Trinajstić information content (AvgIpc) is 3.09. The molecule has 3 heterocycles. The number of hydrogen-bond acceptors (Lipinski definition) is 5. The van der Waals surface area contributed by atoms with Crippen LogP contribution in [0, 0.1) is 6.92 Å². The second-order valence-electron chi connectivity index (χ2n) is 6.15. The molecule has 2 aromatic rings. The maximum Gasteiger partial charge on any atom is 0.281 e. The molecular weight excluding hydrogens is 328 g/mol. The maximum absolute atomic E-state index is 12.2. The Kier molecular flexibility index (Phi) is 4.66. The lowest BCUT2D eigenvalue weighted by atomic mass is 9.97. The van der Waals surface area contributed by atoms with Gasteiger partial charge in [-0.2, -0.15) is 17.0 Å². The average molecular weight is 350 g/mol. The molecule has 0 unspecified atom stereocenters. The summed E-state index contributed by atoms with van der Waals surface area (Å²) in [5.74, 6) is 1.64. The van der Waals surface area contributed by atoms with Crippen molar-refractivity contribution in [2.24, 2.45) is 0 Å². The lowest BCUT2D eigenvalue weighted by molar-refractivity contribution is 0.297. The van der Waals surface area contributed by atoms with Gasteiger partial charge < -0.3 is 4.98 Å². The smallest absolute Gasteiger partial charge is 0.281 e. The number of aromatic amines is 1. The zero-order chi connectivity index (χ0) is 17.3. The predicted molar refractivity (Wildman–Crippen MR) is 90.5 cm³/mol. The topological polar surface area (TPSA) is 95.1 Å². The first-order chi connectivity index (χ1) is 11.4. The first-order valence-corrected chi connectivity index (χ1v) is 9.30. The lowest BCUT2D eigenvalue weighted by Crippen LogP contribution is -2.44. The van der Waals surface area contributed by atoms with Gasteiger partial charge in [0, 0.05) is 51.2 Å². The Morgan fingerprint density at radius 1 is 1.25 bits per heavy atom. The van der Waals surface area contributed by atoms with Gasteiger partial charge in [0.1, 0.15) is 11.5 Å². The number of aryl methyl sites for hydroxylation is 1. The van der Waals surface area contributed by atoms with Crippen LogP contribution >= 0.6 is 0 Å². The summed E-state index contributed by atoms with van der Waals surface area (Å²) in [7, 11) is -0.234. The highest BCUT2D eigenvalue weighted by Crippen LogP contribution is 2.28. The van der Waals surface area contributed by atoms with Crippen LogP contribution in [-0.4, -0.2) is 64.1 Å². The van der Waals surface area contributed by atoms with E-state index in [0.717, 1.165) is 23.0 Å². The monoisotopic (exact) mass is 350 g/mol. The van der Waals surface area contributed by atoms with Crippen molar-refractivity contribution in [1.82, 2.24) is 28.5 Å². The van der Waals surface area contributed by atoms with Crippen LogP contribution in [0.4, 0.5) is 0 Å². The largest absolute Gasteiger partial charge is 0.343 e. The van der Waals surface area contributed by atoms with E-state index in [0.29, 0.717) is 25.9 Å². The Bertz CT molecular complexity index is 795. The van der Waals surface area contributed by atoms with Gasteiger partial charge >= 0.3 is 0 Å². The fourth-order valence-electron chi connectivity index (χ4n) is 2.88. The molecule has 24 heavy (non-hydrogen) atoms. The van der Waals surface area contributed by atoms with Gasteiger partial charge in [0.05, 0.1) is 0 Å². The molecule has 1 aliphatic rings. The summed E-state index contributed by atoms with van der Waals surface area (Å²) in [6.45, 7) is 2.90. The highest BCUT2D eigenvalue weighted by atomic mass is 32.2. The van der Waals surface area contributed by atoms with E-state index in [2.05, 4.69) is 19.9 Å². The third-order valence-electron chi connectivity index (χ3n) is 4.22. The molecule has 1 fully saturated rings. The van der Waals surface area contributed by atoms with Gasteiger partial charge in [0.15, 0.2) is 5.82 Å². The fourth-order valence-corrected chi connectivity index (χ4v) is 4.01. The van der Waals surface area contributed by atoms with E-state index in [4.69, 9.17) is 0 Å². The zero-order valence-electron chi connectivity index (χ0n) is 14.1. The molecule has 0 amide bonds. The lowest BCUT2D eigenvalue weighted by Gasteiger charge is -2.32. The summed E-state index contributed by atoms with van der Waals surface area (Å²) in [6.07, 6.45) is 4.89. The van der Waals surface area contributed by atoms with Crippen molar-refractivity contribution in [1.29, 1.82) is 0 Å². The summed E-state index contributed by atoms with van der Waals surface area (Å²) in [6, 6.07) is 1.90. The first-order valence-electron chi connectivity index (χ1n) is 7.91. The quantitative estimate of drug-likeness (QED) is 0.893. The Balaban J connectivity index is 1.78. The molecule has 0 saturated carbocycles. The molecular formula is C15H22N6O2S. The Hall–Kier alpha value is -1.84. The first kappa shape index (κ1) is 17.0. The van der Waals surface area contributed by atoms with Gasteiger partial charge in [-0.3, -0.25) is 0 Å². The maximum atomic E-state index is 12.2. The molecule has 130 valence electrons. The molecule has 0 aromatic carbocycles. The van der Waals surface area contributed by atoms with Crippen molar-refractivity contribution in [3.8, 4) is 11.5 Å². The molecule has 0 aliphatic carbocycles. The number of rotatable bonds is 4. The van der Waals surface area contributed by atoms with Crippen molar-refractivity contribution in [3.63, 3.8) is 0 Å². The second kappa shape index (κ2) is 6.58. The Morgan fingerprint density at radius 3 is 2.54 bits per heavy atom. The molecule has 0 spiro atoms. The minimum Gasteiger partial charge on any atom is -0.343 e. The number of aromatic nitrogens is 4. The SMILES string of the molecule is Cc1cc(-c2ncc[nH]2)nc(C2CCN(S(=O)(=O)N(C)C)CC2)n1. The van der Waals surface area contributed by atoms with E-state index in [1.807, 2.05) is 13.0 Å². The van der Waals surface area contributed by atoms with Crippen LogP contribution in [0.15, 0.2) is 18.5 Å². The van der Waals surface area contributed by atoms with Gasteiger partial charge in [0.25, 0.3) is 10.2 Å². The normalized spacial score (nSPS) is 17.5. The van der Waals surface area contributed by atoms with Crippen molar-refractivity contribution >= 4 is 10.2 Å². The summed E-state index contributed by atoms with van der Waals surface area (Å²) in [5.41, 5.74) is 1.65. The zero-order valence-corrected chi connectivity index (χ0v) is 14.9. The van der Waals surface area contributed by atoms with Crippen molar-refractivity contribution in [2.45, 2.75) is 25.7 Å². The highest BCUT2D eigenvalue weighted by Gasteiger charge is 2.31. The Morgan fingerprint density at radius 2 is 1.96 bits per heavy atom. The Labute approximate surface area is 142 Å². The summed E-state index contributed by atoms with van der Waals surface area (Å²) >= 11 is 0. The van der Waals surface area contributed by atoms with Crippen LogP contribution in [0.1, 0.15) is 30.3 Å². The third-order valence-corrected chi connectivity index (χ3v) is 6.16. The summed E-state index contributed by atoms with van der Waals surface area (Å²) in [5, 5.41) is 0. The van der Waals surface area contributed by atoms with Crippen molar-refractivity contribution < 1.29 is 8.42 Å². The molecule has 0 atom stereocenters. The molecule has 3 rings (SSSR count). The minimum absolute atomic E-state index is 0.159. The van der Waals surface area contributed by atoms with Crippen LogP contribution in [0.25, 0.3) is 11.5 Å². The van der Waals surface area contributed by atoms with Crippen LogP contribution in [0.3, 0.4) is 0 Å². The molecule has 0 radical (unpaired) electrons. The molecule has 1 aliphatic heterocycles. The van der Waals surface area contributed by atoms with Crippen molar-refractivity contribution in [3.05, 3.63) is 30.0 Å². The van der Waals surface area contributed by atoms with Crippen LogP contribution < -0.4 is 0 Å². The fraction of sp³-hybridized carbons (Fsp3) is 0.533. The van der Waals surface area contributed by atoms with E-state index in [-0.39, 0.29) is 5.92 Å². The van der Waals surface area contributed by atoms with E-state index in [9.17, 15) is 8.42 Å².